The van der Waals surface area contributed by atoms with Crippen LogP contribution in [-0.2, 0) is 17.8 Å². The fraction of sp³-hybridized carbons (Fsp3) is 0.308. The Balaban J connectivity index is 1.48. The molecule has 0 bridgehead atoms. The number of amides is 1. The molecule has 1 unspecified atom stereocenters. The van der Waals surface area contributed by atoms with Crippen molar-refractivity contribution in [2.75, 3.05) is 6.54 Å². The number of aromatic nitrogens is 3. The number of carbonyl (C=O) groups is 1. The highest BCUT2D eigenvalue weighted by molar-refractivity contribution is 5.75. The predicted molar refractivity (Wildman–Crippen MR) is 74.2 cm³/mol. The molecular formula is C13H13N5O4. The standard InChI is InChI=1S/C13H13N5O4/c19-12(7-17-8-15-13(16-17)18(20)21)14-6-10-5-9-3-1-2-4-11(9)22-10/h1-4,8,10H,5-7H2,(H,14,19). The van der Waals surface area contributed by atoms with Crippen LogP contribution in [0, 0.1) is 10.1 Å². The van der Waals surface area contributed by atoms with E-state index in [1.54, 1.807) is 0 Å². The van der Waals surface area contributed by atoms with Crippen LogP contribution in [0.4, 0.5) is 5.95 Å². The number of benzene rings is 1. The molecule has 1 N–H and O–H groups in total. The molecule has 1 aromatic heterocycles. The van der Waals surface area contributed by atoms with Gasteiger partial charge in [-0.05, 0) is 16.6 Å². The lowest BCUT2D eigenvalue weighted by molar-refractivity contribution is -0.394. The molecule has 0 saturated carbocycles. The summed E-state index contributed by atoms with van der Waals surface area (Å²) in [7, 11) is 0. The third kappa shape index (κ3) is 3.03. The van der Waals surface area contributed by atoms with Gasteiger partial charge in [-0.15, -0.1) is 0 Å². The zero-order valence-corrected chi connectivity index (χ0v) is 11.5. The number of fused-ring (bicyclic) bond motifs is 1. The van der Waals surface area contributed by atoms with Crippen molar-refractivity contribution in [3.05, 3.63) is 46.3 Å². The van der Waals surface area contributed by atoms with Gasteiger partial charge in [0.15, 0.2) is 0 Å². The molecule has 1 aliphatic rings. The van der Waals surface area contributed by atoms with E-state index in [0.29, 0.717) is 6.54 Å². The van der Waals surface area contributed by atoms with Crippen molar-refractivity contribution >= 4 is 11.9 Å². The molecule has 1 aromatic carbocycles. The van der Waals surface area contributed by atoms with Crippen molar-refractivity contribution in [3.8, 4) is 5.75 Å². The van der Waals surface area contributed by atoms with E-state index in [2.05, 4.69) is 15.4 Å². The second kappa shape index (κ2) is 5.80. The lowest BCUT2D eigenvalue weighted by atomic mass is 10.1. The molecule has 22 heavy (non-hydrogen) atoms. The molecule has 114 valence electrons. The molecule has 9 nitrogen and oxygen atoms in total. The monoisotopic (exact) mass is 303 g/mol. The van der Waals surface area contributed by atoms with E-state index in [1.807, 2.05) is 24.3 Å². The van der Waals surface area contributed by atoms with Crippen molar-refractivity contribution in [1.29, 1.82) is 0 Å². The largest absolute Gasteiger partial charge is 0.490 e. The molecule has 0 fully saturated rings. The third-order valence-corrected chi connectivity index (χ3v) is 3.23. The van der Waals surface area contributed by atoms with Crippen LogP contribution in [0.15, 0.2) is 30.6 Å². The van der Waals surface area contributed by atoms with Gasteiger partial charge in [0.25, 0.3) is 0 Å². The number of nitrogens with one attached hydrogen (secondary N) is 1. The Morgan fingerprint density at radius 3 is 3.05 bits per heavy atom. The van der Waals surface area contributed by atoms with Crippen molar-refractivity contribution in [3.63, 3.8) is 0 Å². The molecule has 0 spiro atoms. The highest BCUT2D eigenvalue weighted by atomic mass is 16.6. The first kappa shape index (κ1) is 14.0. The maximum absolute atomic E-state index is 11.8. The highest BCUT2D eigenvalue weighted by Crippen LogP contribution is 2.27. The molecule has 1 amide bonds. The SMILES string of the molecule is O=C(Cn1cnc([N+](=O)[O-])n1)NCC1Cc2ccccc2O1. The minimum Gasteiger partial charge on any atom is -0.488 e. The predicted octanol–water partition coefficient (Wildman–Crippen LogP) is 0.306. The first-order chi connectivity index (χ1) is 10.6. The fourth-order valence-corrected chi connectivity index (χ4v) is 2.24. The van der Waals surface area contributed by atoms with E-state index in [4.69, 9.17) is 4.74 Å². The quantitative estimate of drug-likeness (QED) is 0.628. The van der Waals surface area contributed by atoms with Crippen LogP contribution in [0.2, 0.25) is 0 Å². The first-order valence-corrected chi connectivity index (χ1v) is 6.67. The van der Waals surface area contributed by atoms with Gasteiger partial charge in [-0.1, -0.05) is 23.2 Å². The van der Waals surface area contributed by atoms with Gasteiger partial charge >= 0.3 is 5.95 Å². The van der Waals surface area contributed by atoms with Crippen LogP contribution in [0.3, 0.4) is 0 Å². The molecule has 9 heteroatoms. The number of nitrogens with zero attached hydrogens (tertiary/aromatic N) is 4. The van der Waals surface area contributed by atoms with Gasteiger partial charge in [-0.3, -0.25) is 4.79 Å². The Morgan fingerprint density at radius 2 is 2.32 bits per heavy atom. The molecule has 0 saturated heterocycles. The van der Waals surface area contributed by atoms with Crippen LogP contribution in [0.5, 0.6) is 5.75 Å². The first-order valence-electron chi connectivity index (χ1n) is 6.67. The molecular weight excluding hydrogens is 290 g/mol. The lowest BCUT2D eigenvalue weighted by Crippen LogP contribution is -2.36. The Morgan fingerprint density at radius 1 is 1.50 bits per heavy atom. The van der Waals surface area contributed by atoms with E-state index >= 15 is 0 Å². The normalized spacial score (nSPS) is 15.9. The van der Waals surface area contributed by atoms with Crippen molar-refractivity contribution in [2.24, 2.45) is 0 Å². The van der Waals surface area contributed by atoms with Gasteiger partial charge in [-0.2, -0.15) is 4.68 Å². The summed E-state index contributed by atoms with van der Waals surface area (Å²) >= 11 is 0. The Hall–Kier alpha value is -2.97. The van der Waals surface area contributed by atoms with E-state index in [0.717, 1.165) is 28.7 Å². The summed E-state index contributed by atoms with van der Waals surface area (Å²) in [6.07, 6.45) is 1.79. The number of ether oxygens (including phenoxy) is 1. The van der Waals surface area contributed by atoms with Gasteiger partial charge < -0.3 is 20.2 Å². The smallest absolute Gasteiger partial charge is 0.488 e. The summed E-state index contributed by atoms with van der Waals surface area (Å²) in [6.45, 7) is 0.241. The van der Waals surface area contributed by atoms with E-state index in [1.165, 1.54) is 0 Å². The minimum atomic E-state index is -0.710. The average Bonchev–Trinajstić information content (AvgIpc) is 3.11. The summed E-state index contributed by atoms with van der Waals surface area (Å²) in [4.78, 5) is 25.0. The zero-order valence-electron chi connectivity index (χ0n) is 11.5. The third-order valence-electron chi connectivity index (χ3n) is 3.23. The minimum absolute atomic E-state index is 0.105. The van der Waals surface area contributed by atoms with Gasteiger partial charge in [0, 0.05) is 11.5 Å². The van der Waals surface area contributed by atoms with E-state index in [9.17, 15) is 14.9 Å². The molecule has 1 atom stereocenters. The summed E-state index contributed by atoms with van der Waals surface area (Å²) < 4.78 is 6.83. The second-order valence-corrected chi connectivity index (χ2v) is 4.86. The number of rotatable bonds is 5. The molecule has 0 aliphatic carbocycles. The highest BCUT2D eigenvalue weighted by Gasteiger charge is 2.23. The van der Waals surface area contributed by atoms with Gasteiger partial charge in [0.2, 0.25) is 12.2 Å². The number of nitro groups is 1. The molecule has 2 heterocycles. The summed E-state index contributed by atoms with van der Waals surface area (Å²) in [5, 5.41) is 16.8. The Kier molecular flexibility index (Phi) is 3.69. The number of carbonyl (C=O) groups excluding carboxylic acids is 1. The Bertz CT molecular complexity index is 689. The number of hydrogen-bond donors (Lipinski definition) is 1. The molecule has 1 aliphatic heterocycles. The lowest BCUT2D eigenvalue weighted by Gasteiger charge is -2.11. The van der Waals surface area contributed by atoms with Crippen LogP contribution in [0.1, 0.15) is 5.56 Å². The van der Waals surface area contributed by atoms with Crippen molar-refractivity contribution in [2.45, 2.75) is 19.1 Å². The second-order valence-electron chi connectivity index (χ2n) is 4.86. The number of hydrogen-bond acceptors (Lipinski definition) is 6. The van der Waals surface area contributed by atoms with E-state index in [-0.39, 0.29) is 18.6 Å². The number of para-hydroxylation sites is 1. The van der Waals surface area contributed by atoms with Gasteiger partial charge in [0.05, 0.1) is 6.54 Å². The van der Waals surface area contributed by atoms with Crippen LogP contribution in [0.25, 0.3) is 0 Å². The molecule has 0 radical (unpaired) electrons. The van der Waals surface area contributed by atoms with Crippen LogP contribution in [-0.4, -0.2) is 38.2 Å². The maximum Gasteiger partial charge on any atom is 0.490 e. The average molecular weight is 303 g/mol. The Labute approximate surface area is 125 Å². The fourth-order valence-electron chi connectivity index (χ4n) is 2.24. The van der Waals surface area contributed by atoms with E-state index < -0.39 is 10.9 Å². The summed E-state index contributed by atoms with van der Waals surface area (Å²) in [5.74, 6) is 0.00961. The van der Waals surface area contributed by atoms with Crippen LogP contribution < -0.4 is 10.1 Å². The molecule has 3 rings (SSSR count). The van der Waals surface area contributed by atoms with Gasteiger partial charge in [0.1, 0.15) is 18.4 Å². The molecule has 2 aromatic rings. The maximum atomic E-state index is 11.8. The topological polar surface area (TPSA) is 112 Å². The summed E-state index contributed by atoms with van der Waals surface area (Å²) in [6, 6.07) is 7.73. The van der Waals surface area contributed by atoms with Crippen molar-refractivity contribution in [1.82, 2.24) is 20.1 Å². The van der Waals surface area contributed by atoms with Gasteiger partial charge in [-0.25, -0.2) is 0 Å². The zero-order chi connectivity index (χ0) is 15.5. The van der Waals surface area contributed by atoms with Crippen LogP contribution >= 0.6 is 0 Å². The summed E-state index contributed by atoms with van der Waals surface area (Å²) in [5.41, 5.74) is 1.12. The van der Waals surface area contributed by atoms with Crippen molar-refractivity contribution < 1.29 is 14.5 Å².